The number of rotatable bonds is 3. The number of phenolic OH excluding ortho intramolecular Hbond substituents is 1. The molecular formula is C11H13NO2. The fourth-order valence-electron chi connectivity index (χ4n) is 1.23. The topological polar surface area (TPSA) is 53.2 Å². The van der Waals surface area contributed by atoms with Gasteiger partial charge < -0.3 is 9.84 Å². The lowest BCUT2D eigenvalue weighted by molar-refractivity contribution is 0.316. The molecule has 0 saturated heterocycles. The van der Waals surface area contributed by atoms with E-state index in [2.05, 4.69) is 6.07 Å². The zero-order valence-electron chi connectivity index (χ0n) is 8.32. The first-order chi connectivity index (χ1) is 6.70. The first kappa shape index (κ1) is 10.4. The van der Waals surface area contributed by atoms with Crippen LogP contribution in [0.25, 0.3) is 0 Å². The number of phenols is 1. The summed E-state index contributed by atoms with van der Waals surface area (Å²) in [6, 6.07) is 7.26. The molecule has 0 amide bonds. The van der Waals surface area contributed by atoms with Crippen molar-refractivity contribution in [1.29, 1.82) is 5.26 Å². The van der Waals surface area contributed by atoms with Crippen LogP contribution >= 0.6 is 0 Å². The molecule has 0 aliphatic rings. The van der Waals surface area contributed by atoms with Gasteiger partial charge in [0, 0.05) is 5.56 Å². The Hall–Kier alpha value is -1.69. The van der Waals surface area contributed by atoms with Crippen LogP contribution in [0.5, 0.6) is 11.5 Å². The Kier molecular flexibility index (Phi) is 3.35. The molecule has 1 aromatic rings. The largest absolute Gasteiger partial charge is 0.504 e. The van der Waals surface area contributed by atoms with Crippen molar-refractivity contribution in [2.45, 2.75) is 19.8 Å². The second-order valence-electron chi connectivity index (χ2n) is 2.98. The van der Waals surface area contributed by atoms with Gasteiger partial charge in [0.25, 0.3) is 0 Å². The average Bonchev–Trinajstić information content (AvgIpc) is 2.20. The van der Waals surface area contributed by atoms with E-state index in [-0.39, 0.29) is 11.7 Å². The van der Waals surface area contributed by atoms with Crippen LogP contribution in [-0.2, 0) is 0 Å². The molecule has 0 spiro atoms. The highest BCUT2D eigenvalue weighted by Crippen LogP contribution is 2.33. The van der Waals surface area contributed by atoms with Gasteiger partial charge in [0.15, 0.2) is 11.5 Å². The Labute approximate surface area is 83.6 Å². The third-order valence-electron chi connectivity index (χ3n) is 1.99. The average molecular weight is 191 g/mol. The quantitative estimate of drug-likeness (QED) is 0.798. The van der Waals surface area contributed by atoms with E-state index >= 15 is 0 Å². The van der Waals surface area contributed by atoms with Crippen LogP contribution in [0.2, 0.25) is 0 Å². The lowest BCUT2D eigenvalue weighted by atomic mass is 10.0. The molecule has 0 aliphatic heterocycles. The molecule has 0 bridgehead atoms. The summed E-state index contributed by atoms with van der Waals surface area (Å²) in [7, 11) is 0. The SMILES string of the molecule is CCOc1cccc(C(C)C#N)c1O. The van der Waals surface area contributed by atoms with E-state index in [0.717, 1.165) is 0 Å². The van der Waals surface area contributed by atoms with Gasteiger partial charge in [0.1, 0.15) is 0 Å². The molecule has 1 atom stereocenters. The maximum Gasteiger partial charge on any atom is 0.162 e. The third kappa shape index (κ3) is 1.97. The number of aromatic hydroxyl groups is 1. The van der Waals surface area contributed by atoms with Crippen molar-refractivity contribution in [3.8, 4) is 17.6 Å². The molecule has 14 heavy (non-hydrogen) atoms. The minimum Gasteiger partial charge on any atom is -0.504 e. The second-order valence-corrected chi connectivity index (χ2v) is 2.98. The Morgan fingerprint density at radius 2 is 2.29 bits per heavy atom. The van der Waals surface area contributed by atoms with Crippen molar-refractivity contribution < 1.29 is 9.84 Å². The lowest BCUT2D eigenvalue weighted by Crippen LogP contribution is -1.96. The molecule has 0 aliphatic carbocycles. The fourth-order valence-corrected chi connectivity index (χ4v) is 1.23. The summed E-state index contributed by atoms with van der Waals surface area (Å²) < 4.78 is 5.21. The summed E-state index contributed by atoms with van der Waals surface area (Å²) in [5, 5.41) is 18.5. The highest BCUT2D eigenvalue weighted by molar-refractivity contribution is 5.48. The molecule has 1 rings (SSSR count). The van der Waals surface area contributed by atoms with Crippen molar-refractivity contribution in [2.24, 2.45) is 0 Å². The van der Waals surface area contributed by atoms with Gasteiger partial charge in [-0.15, -0.1) is 0 Å². The predicted octanol–water partition coefficient (Wildman–Crippen LogP) is 2.42. The molecule has 0 fully saturated rings. The van der Waals surface area contributed by atoms with Crippen molar-refractivity contribution in [2.75, 3.05) is 6.61 Å². The monoisotopic (exact) mass is 191 g/mol. The van der Waals surface area contributed by atoms with Gasteiger partial charge in [0.05, 0.1) is 18.6 Å². The fraction of sp³-hybridized carbons (Fsp3) is 0.364. The van der Waals surface area contributed by atoms with E-state index in [1.165, 1.54) is 0 Å². The first-order valence-electron chi connectivity index (χ1n) is 4.55. The van der Waals surface area contributed by atoms with Gasteiger partial charge in [0.2, 0.25) is 0 Å². The number of para-hydroxylation sites is 1. The number of hydrogen-bond acceptors (Lipinski definition) is 3. The van der Waals surface area contributed by atoms with Gasteiger partial charge in [-0.1, -0.05) is 12.1 Å². The van der Waals surface area contributed by atoms with Gasteiger partial charge in [-0.3, -0.25) is 0 Å². The van der Waals surface area contributed by atoms with Crippen LogP contribution in [0.3, 0.4) is 0 Å². The minimum absolute atomic E-state index is 0.0726. The molecule has 74 valence electrons. The van der Waals surface area contributed by atoms with E-state index < -0.39 is 0 Å². The van der Waals surface area contributed by atoms with E-state index in [1.54, 1.807) is 25.1 Å². The number of ether oxygens (including phenoxy) is 1. The zero-order valence-corrected chi connectivity index (χ0v) is 8.32. The summed E-state index contributed by atoms with van der Waals surface area (Å²) >= 11 is 0. The van der Waals surface area contributed by atoms with Crippen molar-refractivity contribution >= 4 is 0 Å². The Morgan fingerprint density at radius 3 is 2.86 bits per heavy atom. The molecule has 1 aromatic carbocycles. The smallest absolute Gasteiger partial charge is 0.162 e. The summed E-state index contributed by atoms with van der Waals surface area (Å²) in [4.78, 5) is 0. The van der Waals surface area contributed by atoms with Gasteiger partial charge >= 0.3 is 0 Å². The van der Waals surface area contributed by atoms with Gasteiger partial charge in [-0.2, -0.15) is 5.26 Å². The van der Waals surface area contributed by atoms with E-state index in [0.29, 0.717) is 17.9 Å². The summed E-state index contributed by atoms with van der Waals surface area (Å²) in [6.45, 7) is 4.09. The molecule has 0 heterocycles. The van der Waals surface area contributed by atoms with E-state index in [1.807, 2.05) is 6.92 Å². The summed E-state index contributed by atoms with van der Waals surface area (Å²) in [5.41, 5.74) is 0.610. The molecule has 0 aromatic heterocycles. The Bertz CT molecular complexity index is 355. The predicted molar refractivity (Wildman–Crippen MR) is 53.3 cm³/mol. The number of nitrogens with zero attached hydrogens (tertiary/aromatic N) is 1. The normalized spacial score (nSPS) is 11.8. The van der Waals surface area contributed by atoms with E-state index in [4.69, 9.17) is 10.00 Å². The van der Waals surface area contributed by atoms with Crippen LogP contribution in [0.15, 0.2) is 18.2 Å². The van der Waals surface area contributed by atoms with Crippen LogP contribution in [0, 0.1) is 11.3 Å². The molecule has 0 saturated carbocycles. The highest BCUT2D eigenvalue weighted by Gasteiger charge is 2.12. The lowest BCUT2D eigenvalue weighted by Gasteiger charge is -2.10. The standard InChI is InChI=1S/C11H13NO2/c1-3-14-10-6-4-5-9(11(10)13)8(2)7-12/h4-6,8,13H,3H2,1-2H3. The van der Waals surface area contributed by atoms with Crippen LogP contribution in [-0.4, -0.2) is 11.7 Å². The summed E-state index contributed by atoms with van der Waals surface area (Å²) in [6.07, 6.45) is 0. The van der Waals surface area contributed by atoms with Crippen molar-refractivity contribution in [3.05, 3.63) is 23.8 Å². The Balaban J connectivity index is 3.08. The molecule has 0 radical (unpaired) electrons. The maximum absolute atomic E-state index is 9.75. The maximum atomic E-state index is 9.75. The third-order valence-corrected chi connectivity index (χ3v) is 1.99. The molecule has 3 nitrogen and oxygen atoms in total. The molecular weight excluding hydrogens is 178 g/mol. The zero-order chi connectivity index (χ0) is 10.6. The van der Waals surface area contributed by atoms with Crippen LogP contribution < -0.4 is 4.74 Å². The second kappa shape index (κ2) is 4.52. The summed E-state index contributed by atoms with van der Waals surface area (Å²) in [5.74, 6) is 0.186. The van der Waals surface area contributed by atoms with Crippen molar-refractivity contribution in [1.82, 2.24) is 0 Å². The minimum atomic E-state index is -0.324. The Morgan fingerprint density at radius 1 is 1.57 bits per heavy atom. The van der Waals surface area contributed by atoms with E-state index in [9.17, 15) is 5.11 Å². The number of benzene rings is 1. The molecule has 1 unspecified atom stereocenters. The molecule has 1 N–H and O–H groups in total. The first-order valence-corrected chi connectivity index (χ1v) is 4.55. The highest BCUT2D eigenvalue weighted by atomic mass is 16.5. The van der Waals surface area contributed by atoms with Crippen LogP contribution in [0.1, 0.15) is 25.3 Å². The van der Waals surface area contributed by atoms with Gasteiger partial charge in [-0.05, 0) is 19.9 Å². The van der Waals surface area contributed by atoms with Crippen molar-refractivity contribution in [3.63, 3.8) is 0 Å². The number of nitriles is 1. The van der Waals surface area contributed by atoms with Gasteiger partial charge in [-0.25, -0.2) is 0 Å². The molecule has 3 heteroatoms. The number of hydrogen-bond donors (Lipinski definition) is 1. The van der Waals surface area contributed by atoms with Crippen LogP contribution in [0.4, 0.5) is 0 Å².